The van der Waals surface area contributed by atoms with E-state index in [-0.39, 0.29) is 13.0 Å². The molecule has 0 aromatic carbocycles. The highest BCUT2D eigenvalue weighted by Crippen LogP contribution is 2.12. The van der Waals surface area contributed by atoms with E-state index < -0.39 is 47.0 Å². The van der Waals surface area contributed by atoms with E-state index >= 15 is 0 Å². The fourth-order valence-corrected chi connectivity index (χ4v) is 2.04. The molecule has 31 heavy (non-hydrogen) atoms. The summed E-state index contributed by atoms with van der Waals surface area (Å²) in [5, 5.41) is 5.03. The van der Waals surface area contributed by atoms with E-state index in [9.17, 15) is 19.2 Å². The maximum atomic E-state index is 12.4. The van der Waals surface area contributed by atoms with E-state index in [1.165, 1.54) is 0 Å². The van der Waals surface area contributed by atoms with Gasteiger partial charge in [-0.05, 0) is 75.2 Å². The summed E-state index contributed by atoms with van der Waals surface area (Å²) >= 11 is 0. The van der Waals surface area contributed by atoms with Crippen molar-refractivity contribution in [1.82, 2.24) is 21.5 Å². The molecule has 0 fully saturated rings. The summed E-state index contributed by atoms with van der Waals surface area (Å²) in [6, 6.07) is -1.60. The number of amides is 4. The highest BCUT2D eigenvalue weighted by atomic mass is 16.6. The van der Waals surface area contributed by atoms with Crippen molar-refractivity contribution in [3.8, 4) is 0 Å². The predicted octanol–water partition coefficient (Wildman–Crippen LogP) is 2.74. The van der Waals surface area contributed by atoms with Crippen molar-refractivity contribution in [2.75, 3.05) is 6.54 Å². The first-order chi connectivity index (χ1) is 13.9. The van der Waals surface area contributed by atoms with E-state index in [0.29, 0.717) is 6.42 Å². The molecule has 0 spiro atoms. The van der Waals surface area contributed by atoms with Crippen molar-refractivity contribution < 1.29 is 33.4 Å². The van der Waals surface area contributed by atoms with Crippen LogP contribution in [0.4, 0.5) is 14.4 Å². The van der Waals surface area contributed by atoms with Gasteiger partial charge in [0.1, 0.15) is 22.8 Å². The van der Waals surface area contributed by atoms with Crippen LogP contribution in [0.15, 0.2) is 0 Å². The fraction of sp³-hybridized carbons (Fsp3) is 0.800. The van der Waals surface area contributed by atoms with Crippen molar-refractivity contribution in [1.29, 1.82) is 0 Å². The van der Waals surface area contributed by atoms with Crippen LogP contribution >= 0.6 is 0 Å². The molecule has 0 aromatic rings. The molecule has 11 nitrogen and oxygen atoms in total. The molecule has 0 saturated carbocycles. The molecule has 0 aromatic heterocycles. The van der Waals surface area contributed by atoms with Gasteiger partial charge in [0.15, 0.2) is 0 Å². The molecule has 1 atom stereocenters. The third-order valence-electron chi connectivity index (χ3n) is 3.01. The molecule has 0 rings (SSSR count). The molecule has 0 aliphatic rings. The average Bonchev–Trinajstić information content (AvgIpc) is 2.50. The zero-order valence-electron chi connectivity index (χ0n) is 20.1. The zero-order valence-corrected chi connectivity index (χ0v) is 20.1. The lowest BCUT2D eigenvalue weighted by atomic mass is 10.1. The molecule has 11 heteroatoms. The van der Waals surface area contributed by atoms with Gasteiger partial charge >= 0.3 is 24.2 Å². The lowest BCUT2D eigenvalue weighted by molar-refractivity contribution is -0.157. The Labute approximate surface area is 184 Å². The standard InChI is InChI=1S/C20H38N4O7/c1-18(2,3)29-14(25)13(22-16(27)30-19(4,5)6)11-10-12-21-15(26)23-24-17(28)31-20(7,8)9/h13H,10-12H2,1-9H3,(H,22,27)(H,24,28)(H2,21,23,26)/t13-/m0/s1. The summed E-state index contributed by atoms with van der Waals surface area (Å²) in [6.07, 6.45) is -0.988. The van der Waals surface area contributed by atoms with Crippen LogP contribution in [0.2, 0.25) is 0 Å². The fourth-order valence-electron chi connectivity index (χ4n) is 2.04. The molecule has 0 bridgehead atoms. The minimum Gasteiger partial charge on any atom is -0.458 e. The van der Waals surface area contributed by atoms with Gasteiger partial charge in [-0.15, -0.1) is 0 Å². The summed E-state index contributed by atoms with van der Waals surface area (Å²) in [5.74, 6) is -0.602. The van der Waals surface area contributed by atoms with Crippen molar-refractivity contribution >= 4 is 24.2 Å². The van der Waals surface area contributed by atoms with E-state index in [1.807, 2.05) is 0 Å². The second-order valence-corrected chi connectivity index (χ2v) is 9.88. The van der Waals surface area contributed by atoms with E-state index in [0.717, 1.165) is 0 Å². The number of hydrazine groups is 1. The second kappa shape index (κ2) is 11.6. The molecule has 0 radical (unpaired) electrons. The number of hydrogen-bond acceptors (Lipinski definition) is 7. The summed E-state index contributed by atoms with van der Waals surface area (Å²) in [5.41, 5.74) is 2.12. The van der Waals surface area contributed by atoms with Gasteiger partial charge in [-0.2, -0.15) is 0 Å². The molecular weight excluding hydrogens is 408 g/mol. The van der Waals surface area contributed by atoms with Crippen LogP contribution in [-0.2, 0) is 19.0 Å². The van der Waals surface area contributed by atoms with Gasteiger partial charge in [0.25, 0.3) is 0 Å². The largest absolute Gasteiger partial charge is 0.458 e. The normalized spacial score (nSPS) is 12.8. The molecule has 0 saturated heterocycles. The van der Waals surface area contributed by atoms with Crippen LogP contribution in [0, 0.1) is 0 Å². The summed E-state index contributed by atoms with van der Waals surface area (Å²) in [6.45, 7) is 15.6. The van der Waals surface area contributed by atoms with Crippen molar-refractivity contribution in [2.24, 2.45) is 0 Å². The first kappa shape index (κ1) is 28.3. The van der Waals surface area contributed by atoms with Crippen LogP contribution in [-0.4, -0.2) is 53.6 Å². The maximum Gasteiger partial charge on any atom is 0.426 e. The number of nitrogens with one attached hydrogen (secondary N) is 4. The third-order valence-corrected chi connectivity index (χ3v) is 3.01. The van der Waals surface area contributed by atoms with Crippen LogP contribution < -0.4 is 21.5 Å². The first-order valence-electron chi connectivity index (χ1n) is 10.1. The van der Waals surface area contributed by atoms with Gasteiger partial charge in [-0.3, -0.25) is 0 Å². The van der Waals surface area contributed by atoms with Crippen LogP contribution in [0.1, 0.15) is 75.2 Å². The minimum atomic E-state index is -0.946. The number of esters is 1. The zero-order chi connectivity index (χ0) is 24.5. The molecular formula is C20H38N4O7. The Morgan fingerprint density at radius 1 is 0.710 bits per heavy atom. The first-order valence-corrected chi connectivity index (χ1v) is 10.1. The van der Waals surface area contributed by atoms with Crippen molar-refractivity contribution in [3.63, 3.8) is 0 Å². The van der Waals surface area contributed by atoms with E-state index in [4.69, 9.17) is 14.2 Å². The summed E-state index contributed by atoms with van der Waals surface area (Å²) in [7, 11) is 0. The van der Waals surface area contributed by atoms with Crippen molar-refractivity contribution in [3.05, 3.63) is 0 Å². The topological polar surface area (TPSA) is 144 Å². The Kier molecular flexibility index (Phi) is 10.6. The lowest BCUT2D eigenvalue weighted by Crippen LogP contribution is -2.49. The lowest BCUT2D eigenvalue weighted by Gasteiger charge is -2.26. The Balaban J connectivity index is 4.58. The quantitative estimate of drug-likeness (QED) is 0.212. The number of alkyl carbamates (subject to hydrolysis) is 1. The Hall–Kier alpha value is -2.72. The van der Waals surface area contributed by atoms with Gasteiger partial charge in [0, 0.05) is 6.54 Å². The predicted molar refractivity (Wildman–Crippen MR) is 114 cm³/mol. The van der Waals surface area contributed by atoms with Crippen molar-refractivity contribution in [2.45, 2.75) is 98.0 Å². The summed E-state index contributed by atoms with van der Waals surface area (Å²) in [4.78, 5) is 47.7. The molecule has 0 aliphatic carbocycles. The van der Waals surface area contributed by atoms with Crippen LogP contribution in [0.3, 0.4) is 0 Å². The van der Waals surface area contributed by atoms with Gasteiger partial charge < -0.3 is 24.8 Å². The minimum absolute atomic E-state index is 0.178. The number of ether oxygens (including phenoxy) is 3. The average molecular weight is 447 g/mol. The Morgan fingerprint density at radius 3 is 1.68 bits per heavy atom. The SMILES string of the molecule is CC(C)(C)OC(=O)NNC(=O)NCCC[C@H](NC(=O)OC(C)(C)C)C(=O)OC(C)(C)C. The second-order valence-electron chi connectivity index (χ2n) is 9.88. The van der Waals surface area contributed by atoms with Gasteiger partial charge in [-0.1, -0.05) is 0 Å². The van der Waals surface area contributed by atoms with Gasteiger partial charge in [0.05, 0.1) is 0 Å². The van der Waals surface area contributed by atoms with Gasteiger partial charge in [-0.25, -0.2) is 30.0 Å². The number of hydrogen-bond donors (Lipinski definition) is 4. The maximum absolute atomic E-state index is 12.4. The molecule has 180 valence electrons. The molecule has 4 amide bonds. The smallest absolute Gasteiger partial charge is 0.426 e. The van der Waals surface area contributed by atoms with Crippen LogP contribution in [0.25, 0.3) is 0 Å². The number of carbonyl (C=O) groups is 4. The van der Waals surface area contributed by atoms with E-state index in [1.54, 1.807) is 62.3 Å². The Bertz CT molecular complexity index is 631. The van der Waals surface area contributed by atoms with Crippen LogP contribution in [0.5, 0.6) is 0 Å². The van der Waals surface area contributed by atoms with E-state index in [2.05, 4.69) is 21.5 Å². The highest BCUT2D eigenvalue weighted by Gasteiger charge is 2.28. The summed E-state index contributed by atoms with van der Waals surface area (Å²) < 4.78 is 15.5. The van der Waals surface area contributed by atoms with Gasteiger partial charge in [0.2, 0.25) is 0 Å². The molecule has 0 heterocycles. The Morgan fingerprint density at radius 2 is 1.19 bits per heavy atom. The number of carbonyl (C=O) groups excluding carboxylic acids is 4. The highest BCUT2D eigenvalue weighted by molar-refractivity contribution is 5.81. The molecule has 0 unspecified atom stereocenters. The molecule has 4 N–H and O–H groups in total. The number of rotatable bonds is 6. The third kappa shape index (κ3) is 16.7. The monoisotopic (exact) mass is 446 g/mol. The molecule has 0 aliphatic heterocycles. The number of urea groups is 1.